The lowest BCUT2D eigenvalue weighted by atomic mass is 10.1. The molecule has 1 unspecified atom stereocenters. The zero-order chi connectivity index (χ0) is 14.4. The molecule has 6 heteroatoms. The predicted molar refractivity (Wildman–Crippen MR) is 78.5 cm³/mol. The molecule has 20 heavy (non-hydrogen) atoms. The van der Waals surface area contributed by atoms with E-state index in [1.54, 1.807) is 23.1 Å². The smallest absolute Gasteiger partial charge is 0.256 e. The number of benzene rings is 1. The first-order chi connectivity index (χ1) is 9.72. The number of hydrogen-bond acceptors (Lipinski definition) is 5. The van der Waals surface area contributed by atoms with E-state index in [1.165, 1.54) is 6.21 Å². The van der Waals surface area contributed by atoms with E-state index >= 15 is 0 Å². The summed E-state index contributed by atoms with van der Waals surface area (Å²) in [6.07, 6.45) is 3.47. The topological polar surface area (TPSA) is 88.8 Å². The summed E-state index contributed by atoms with van der Waals surface area (Å²) < 4.78 is 0. The Morgan fingerprint density at radius 3 is 3.05 bits per heavy atom. The Bertz CT molecular complexity index is 516. The van der Waals surface area contributed by atoms with Gasteiger partial charge in [-0.3, -0.25) is 10.2 Å². The first-order valence-corrected chi connectivity index (χ1v) is 6.57. The number of anilines is 1. The Kier molecular flexibility index (Phi) is 4.84. The number of carbonyl (C=O) groups is 1. The molecule has 1 fully saturated rings. The number of likely N-dealkylation sites (tertiary alicyclic amines) is 1. The van der Waals surface area contributed by atoms with E-state index in [1.807, 2.05) is 6.07 Å². The van der Waals surface area contributed by atoms with E-state index < -0.39 is 6.10 Å². The highest BCUT2D eigenvalue weighted by molar-refractivity contribution is 6.14. The normalized spacial score (nSPS) is 19.1. The summed E-state index contributed by atoms with van der Waals surface area (Å²) >= 11 is 0. The largest absolute Gasteiger partial charge is 0.391 e. The lowest BCUT2D eigenvalue weighted by Crippen LogP contribution is -2.42. The molecule has 1 aromatic carbocycles. The van der Waals surface area contributed by atoms with Gasteiger partial charge in [0, 0.05) is 19.3 Å². The molecule has 0 saturated carbocycles. The third-order valence-electron chi connectivity index (χ3n) is 3.18. The van der Waals surface area contributed by atoms with Crippen LogP contribution in [-0.4, -0.2) is 47.5 Å². The summed E-state index contributed by atoms with van der Waals surface area (Å²) in [4.78, 5) is 14.1. The number of para-hydroxylation sites is 1. The highest BCUT2D eigenvalue weighted by Gasteiger charge is 2.24. The van der Waals surface area contributed by atoms with Gasteiger partial charge in [-0.25, -0.2) is 0 Å². The summed E-state index contributed by atoms with van der Waals surface area (Å²) in [5, 5.41) is 20.4. The monoisotopic (exact) mass is 274 g/mol. The number of amides is 1. The van der Waals surface area contributed by atoms with Crippen molar-refractivity contribution in [3.05, 3.63) is 29.8 Å². The highest BCUT2D eigenvalue weighted by Crippen LogP contribution is 2.20. The fourth-order valence-electron chi connectivity index (χ4n) is 2.22. The first kappa shape index (κ1) is 14.2. The average molecular weight is 274 g/mol. The third kappa shape index (κ3) is 3.42. The summed E-state index contributed by atoms with van der Waals surface area (Å²) in [6.45, 7) is 1.03. The molecule has 0 radical (unpaired) electrons. The lowest BCUT2D eigenvalue weighted by molar-refractivity contribution is 0.0474. The second kappa shape index (κ2) is 6.81. The van der Waals surface area contributed by atoms with Crippen molar-refractivity contribution in [3.8, 4) is 0 Å². The molecule has 1 aliphatic rings. The summed E-state index contributed by atoms with van der Waals surface area (Å²) in [6, 6.07) is 7.09. The van der Waals surface area contributed by atoms with Crippen molar-refractivity contribution < 1.29 is 9.90 Å². The minimum absolute atomic E-state index is 0.114. The van der Waals surface area contributed by atoms with Crippen molar-refractivity contribution in [2.75, 3.05) is 18.5 Å². The number of nitrogens with zero attached hydrogens (tertiary/aromatic N) is 2. The SMILES string of the molecule is N=C/C=N\Nc1ccccc1C(=O)N1CCCC(O)C1. The first-order valence-electron chi connectivity index (χ1n) is 6.57. The van der Waals surface area contributed by atoms with Gasteiger partial charge < -0.3 is 15.4 Å². The van der Waals surface area contributed by atoms with Crippen LogP contribution in [0, 0.1) is 5.41 Å². The Morgan fingerprint density at radius 1 is 1.50 bits per heavy atom. The van der Waals surface area contributed by atoms with Crippen molar-refractivity contribution in [2.24, 2.45) is 5.10 Å². The maximum atomic E-state index is 12.5. The molecule has 1 atom stereocenters. The molecule has 1 heterocycles. The molecule has 106 valence electrons. The van der Waals surface area contributed by atoms with E-state index in [2.05, 4.69) is 10.5 Å². The van der Waals surface area contributed by atoms with Crippen molar-refractivity contribution in [1.82, 2.24) is 4.90 Å². The highest BCUT2D eigenvalue weighted by atomic mass is 16.3. The van der Waals surface area contributed by atoms with Crippen LogP contribution in [0.5, 0.6) is 0 Å². The Morgan fingerprint density at radius 2 is 2.30 bits per heavy atom. The molecule has 1 saturated heterocycles. The molecule has 1 aliphatic heterocycles. The number of β-amino-alcohol motifs (C(OH)–C–C–N with tert-alkyl or cyclic N) is 1. The van der Waals surface area contributed by atoms with Crippen LogP contribution in [0.4, 0.5) is 5.69 Å². The fraction of sp³-hybridized carbons (Fsp3) is 0.357. The van der Waals surface area contributed by atoms with Crippen LogP contribution in [0.3, 0.4) is 0 Å². The van der Waals surface area contributed by atoms with E-state index in [0.717, 1.165) is 19.1 Å². The van der Waals surface area contributed by atoms with E-state index in [9.17, 15) is 9.90 Å². The number of aliphatic hydroxyl groups is 1. The molecule has 0 aromatic heterocycles. The maximum absolute atomic E-state index is 12.5. The van der Waals surface area contributed by atoms with Gasteiger partial charge in [-0.1, -0.05) is 12.1 Å². The molecule has 1 amide bonds. The number of nitrogens with one attached hydrogen (secondary N) is 2. The van der Waals surface area contributed by atoms with E-state index in [4.69, 9.17) is 5.41 Å². The Labute approximate surface area is 117 Å². The number of piperidine rings is 1. The molecule has 0 aliphatic carbocycles. The van der Waals surface area contributed by atoms with Gasteiger partial charge in [0.25, 0.3) is 5.91 Å². The van der Waals surface area contributed by atoms with Crippen LogP contribution in [0.2, 0.25) is 0 Å². The summed E-state index contributed by atoms with van der Waals surface area (Å²) in [7, 11) is 0. The predicted octanol–water partition coefficient (Wildman–Crippen LogP) is 1.33. The number of rotatable bonds is 4. The van der Waals surface area contributed by atoms with Crippen LogP contribution in [-0.2, 0) is 0 Å². The van der Waals surface area contributed by atoms with Gasteiger partial charge in [-0.05, 0) is 25.0 Å². The zero-order valence-corrected chi connectivity index (χ0v) is 11.1. The van der Waals surface area contributed by atoms with Gasteiger partial charge in [0.2, 0.25) is 0 Å². The third-order valence-corrected chi connectivity index (χ3v) is 3.18. The molecular weight excluding hydrogens is 256 g/mol. The van der Waals surface area contributed by atoms with E-state index in [0.29, 0.717) is 24.3 Å². The summed E-state index contributed by atoms with van der Waals surface area (Å²) in [5.41, 5.74) is 3.86. The van der Waals surface area contributed by atoms with Crippen LogP contribution in [0.1, 0.15) is 23.2 Å². The fourth-order valence-corrected chi connectivity index (χ4v) is 2.22. The lowest BCUT2D eigenvalue weighted by Gasteiger charge is -2.30. The van der Waals surface area contributed by atoms with Crippen LogP contribution < -0.4 is 5.43 Å². The summed E-state index contributed by atoms with van der Waals surface area (Å²) in [5.74, 6) is -0.114. The number of hydrazone groups is 1. The van der Waals surface area contributed by atoms with Crippen LogP contribution >= 0.6 is 0 Å². The van der Waals surface area contributed by atoms with Crippen LogP contribution in [0.25, 0.3) is 0 Å². The molecule has 0 bridgehead atoms. The molecular formula is C14H18N4O2. The van der Waals surface area contributed by atoms with Gasteiger partial charge in [0.1, 0.15) is 0 Å². The maximum Gasteiger partial charge on any atom is 0.256 e. The van der Waals surface area contributed by atoms with Gasteiger partial charge >= 0.3 is 0 Å². The second-order valence-electron chi connectivity index (χ2n) is 4.65. The quantitative estimate of drug-likeness (QED) is 0.571. The molecule has 0 spiro atoms. The Hall–Kier alpha value is -2.21. The molecule has 6 nitrogen and oxygen atoms in total. The minimum atomic E-state index is -0.441. The molecule has 2 rings (SSSR count). The second-order valence-corrected chi connectivity index (χ2v) is 4.65. The van der Waals surface area contributed by atoms with Crippen molar-refractivity contribution in [1.29, 1.82) is 5.41 Å². The zero-order valence-electron chi connectivity index (χ0n) is 11.1. The van der Waals surface area contributed by atoms with Gasteiger partial charge in [0.05, 0.1) is 23.6 Å². The number of carbonyl (C=O) groups excluding carboxylic acids is 1. The standard InChI is InChI=1S/C14H18N4O2/c15-7-8-16-17-13-6-2-1-5-12(13)14(20)18-9-3-4-11(19)10-18/h1-2,5-8,11,15,17,19H,3-4,9-10H2/b15-7?,16-8-. The molecule has 3 N–H and O–H groups in total. The van der Waals surface area contributed by atoms with Crippen molar-refractivity contribution in [3.63, 3.8) is 0 Å². The van der Waals surface area contributed by atoms with Crippen LogP contribution in [0.15, 0.2) is 29.4 Å². The van der Waals surface area contributed by atoms with Crippen molar-refractivity contribution in [2.45, 2.75) is 18.9 Å². The Balaban J connectivity index is 2.16. The number of hydrogen-bond donors (Lipinski definition) is 3. The van der Waals surface area contributed by atoms with Crippen molar-refractivity contribution >= 4 is 24.0 Å². The molecule has 1 aromatic rings. The van der Waals surface area contributed by atoms with Gasteiger partial charge in [-0.15, -0.1) is 0 Å². The van der Waals surface area contributed by atoms with Gasteiger partial charge in [-0.2, -0.15) is 5.10 Å². The van der Waals surface area contributed by atoms with E-state index in [-0.39, 0.29) is 5.91 Å². The van der Waals surface area contributed by atoms with Gasteiger partial charge in [0.15, 0.2) is 0 Å². The number of aliphatic hydroxyl groups excluding tert-OH is 1. The average Bonchev–Trinajstić information content (AvgIpc) is 2.47. The minimum Gasteiger partial charge on any atom is -0.391 e.